The van der Waals surface area contributed by atoms with Crippen molar-refractivity contribution < 1.29 is 13.2 Å². The summed E-state index contributed by atoms with van der Waals surface area (Å²) in [6.07, 6.45) is -4.38. The molecule has 0 aliphatic carbocycles. The molecule has 0 bridgehead atoms. The average Bonchev–Trinajstić information content (AvgIpc) is 2.74. The van der Waals surface area contributed by atoms with Crippen molar-refractivity contribution in [2.24, 2.45) is 0 Å². The zero-order valence-electron chi connectivity index (χ0n) is 9.14. The van der Waals surface area contributed by atoms with E-state index in [0.717, 1.165) is 10.9 Å². The van der Waals surface area contributed by atoms with Gasteiger partial charge in [0.1, 0.15) is 0 Å². The summed E-state index contributed by atoms with van der Waals surface area (Å²) >= 11 is 13.5. The maximum atomic E-state index is 12.8. The van der Waals surface area contributed by atoms with Crippen molar-refractivity contribution in [2.45, 2.75) is 11.0 Å². The Morgan fingerprint density at radius 2 is 1.84 bits per heavy atom. The van der Waals surface area contributed by atoms with Crippen LogP contribution in [0.3, 0.4) is 0 Å². The van der Waals surface area contributed by atoms with Crippen molar-refractivity contribution in [3.8, 4) is 0 Å². The number of hydrogen-bond donors (Lipinski definition) is 0. The highest BCUT2D eigenvalue weighted by atomic mass is 79.9. The number of alkyl halides is 4. The van der Waals surface area contributed by atoms with Crippen molar-refractivity contribution in [1.82, 2.24) is 0 Å². The molecule has 1 unspecified atom stereocenters. The van der Waals surface area contributed by atoms with Gasteiger partial charge in [-0.15, -0.1) is 11.3 Å². The van der Waals surface area contributed by atoms with Gasteiger partial charge in [-0.05, 0) is 29.8 Å². The molecule has 0 aliphatic heterocycles. The van der Waals surface area contributed by atoms with Crippen LogP contribution in [0.2, 0.25) is 4.34 Å². The number of halogens is 6. The van der Waals surface area contributed by atoms with Gasteiger partial charge in [-0.1, -0.05) is 49.5 Å². The Balaban J connectivity index is 2.41. The van der Waals surface area contributed by atoms with Crippen LogP contribution in [0.15, 0.2) is 34.8 Å². The van der Waals surface area contributed by atoms with Gasteiger partial charge in [0, 0.05) is 9.35 Å². The fraction of sp³-hybridized carbons (Fsp3) is 0.167. The van der Waals surface area contributed by atoms with Gasteiger partial charge >= 0.3 is 6.18 Å². The van der Waals surface area contributed by atoms with Crippen LogP contribution in [0.1, 0.15) is 20.8 Å². The second-order valence-corrected chi connectivity index (χ2v) is 7.26. The molecular formula is C12H6Br2ClF3S. The number of hydrogen-bond acceptors (Lipinski definition) is 1. The first-order valence-corrected chi connectivity index (χ1v) is 7.95. The predicted octanol–water partition coefficient (Wildman–Crippen LogP) is 6.67. The lowest BCUT2D eigenvalue weighted by atomic mass is 10.1. The molecule has 1 aromatic heterocycles. The predicted molar refractivity (Wildman–Crippen MR) is 79.2 cm³/mol. The van der Waals surface area contributed by atoms with Crippen LogP contribution in [-0.2, 0) is 6.18 Å². The lowest BCUT2D eigenvalue weighted by Gasteiger charge is -2.13. The third kappa shape index (κ3) is 3.54. The summed E-state index contributed by atoms with van der Waals surface area (Å²) in [6, 6.07) is 7.70. The van der Waals surface area contributed by atoms with Gasteiger partial charge in [0.2, 0.25) is 0 Å². The molecule has 1 aromatic carbocycles. The van der Waals surface area contributed by atoms with Crippen molar-refractivity contribution in [3.63, 3.8) is 0 Å². The first-order valence-electron chi connectivity index (χ1n) is 5.05. The molecule has 0 saturated heterocycles. The summed E-state index contributed by atoms with van der Waals surface area (Å²) in [7, 11) is 0. The van der Waals surface area contributed by atoms with E-state index in [1.807, 2.05) is 0 Å². The molecule has 19 heavy (non-hydrogen) atoms. The van der Waals surface area contributed by atoms with Crippen LogP contribution in [0.25, 0.3) is 0 Å². The van der Waals surface area contributed by atoms with E-state index in [-0.39, 0.29) is 9.30 Å². The topological polar surface area (TPSA) is 0 Å². The van der Waals surface area contributed by atoms with Crippen molar-refractivity contribution in [3.05, 3.63) is 55.1 Å². The van der Waals surface area contributed by atoms with Gasteiger partial charge in [-0.3, -0.25) is 0 Å². The Hall–Kier alpha value is -0.0400. The van der Waals surface area contributed by atoms with Crippen LogP contribution >= 0.6 is 54.8 Å². The van der Waals surface area contributed by atoms with Gasteiger partial charge in [0.05, 0.1) is 14.7 Å². The van der Waals surface area contributed by atoms with Crippen molar-refractivity contribution in [1.29, 1.82) is 0 Å². The minimum absolute atomic E-state index is 0.0349. The average molecular weight is 435 g/mol. The maximum Gasteiger partial charge on any atom is 0.417 e. The van der Waals surface area contributed by atoms with Crippen LogP contribution in [-0.4, -0.2) is 0 Å². The highest BCUT2D eigenvalue weighted by Crippen LogP contribution is 2.41. The molecular weight excluding hydrogens is 428 g/mol. The van der Waals surface area contributed by atoms with E-state index in [2.05, 4.69) is 31.9 Å². The van der Waals surface area contributed by atoms with Crippen LogP contribution in [0.5, 0.6) is 0 Å². The zero-order valence-corrected chi connectivity index (χ0v) is 13.9. The molecule has 0 spiro atoms. The third-order valence-electron chi connectivity index (χ3n) is 2.43. The second kappa shape index (κ2) is 5.76. The zero-order chi connectivity index (χ0) is 14.2. The normalized spacial score (nSPS) is 13.6. The summed E-state index contributed by atoms with van der Waals surface area (Å²) in [4.78, 5) is 0.555. The molecule has 0 amide bonds. The monoisotopic (exact) mass is 432 g/mol. The van der Waals surface area contributed by atoms with Gasteiger partial charge < -0.3 is 0 Å². The smallest absolute Gasteiger partial charge is 0.166 e. The molecule has 1 atom stereocenters. The van der Waals surface area contributed by atoms with Gasteiger partial charge in [-0.2, -0.15) is 13.2 Å². The lowest BCUT2D eigenvalue weighted by molar-refractivity contribution is -0.138. The molecule has 0 N–H and O–H groups in total. The SMILES string of the molecule is FC(F)(F)c1cc(C(Br)c2ccc(Cl)s2)ccc1Br. The first-order chi connectivity index (χ1) is 8.79. The lowest BCUT2D eigenvalue weighted by Crippen LogP contribution is -2.07. The molecule has 0 saturated carbocycles. The molecule has 0 aliphatic rings. The van der Waals surface area contributed by atoms with E-state index in [1.165, 1.54) is 17.4 Å². The highest BCUT2D eigenvalue weighted by Gasteiger charge is 2.33. The standard InChI is InChI=1S/C12H6Br2ClF3S/c13-8-2-1-6(5-7(8)12(16,17)18)11(14)9-3-4-10(15)19-9/h1-5,11H. The van der Waals surface area contributed by atoms with Crippen LogP contribution in [0.4, 0.5) is 13.2 Å². The minimum Gasteiger partial charge on any atom is -0.166 e. The molecule has 102 valence electrons. The fourth-order valence-corrected chi connectivity index (χ4v) is 3.80. The third-order valence-corrected chi connectivity index (χ3v) is 5.74. The second-order valence-electron chi connectivity index (χ2n) is 3.74. The largest absolute Gasteiger partial charge is 0.417 e. The Morgan fingerprint density at radius 1 is 1.16 bits per heavy atom. The molecule has 0 nitrogen and oxygen atoms in total. The van der Waals surface area contributed by atoms with Gasteiger partial charge in [0.25, 0.3) is 0 Å². The Bertz CT molecular complexity index is 595. The van der Waals surface area contributed by atoms with E-state index in [1.54, 1.807) is 18.2 Å². The Morgan fingerprint density at radius 3 is 2.37 bits per heavy atom. The summed E-state index contributed by atoms with van der Waals surface area (Å²) in [5, 5.41) is 0. The Labute approximate surface area is 133 Å². The summed E-state index contributed by atoms with van der Waals surface area (Å²) in [5.41, 5.74) is -0.147. The van der Waals surface area contributed by atoms with Crippen LogP contribution in [0, 0.1) is 0 Å². The van der Waals surface area contributed by atoms with Crippen molar-refractivity contribution >= 4 is 54.8 Å². The molecule has 1 heterocycles. The molecule has 2 aromatic rings. The molecule has 0 radical (unpaired) electrons. The summed E-state index contributed by atoms with van der Waals surface area (Å²) < 4.78 is 39.1. The number of thiophene rings is 1. The number of rotatable bonds is 2. The maximum absolute atomic E-state index is 12.8. The van der Waals surface area contributed by atoms with E-state index in [0.29, 0.717) is 9.90 Å². The first kappa shape index (κ1) is 15.4. The summed E-state index contributed by atoms with van der Waals surface area (Å²) in [6.45, 7) is 0. The van der Waals surface area contributed by atoms with Crippen molar-refractivity contribution in [2.75, 3.05) is 0 Å². The quantitative estimate of drug-likeness (QED) is 0.463. The Kier molecular flexibility index (Phi) is 4.65. The molecule has 7 heteroatoms. The van der Waals surface area contributed by atoms with E-state index in [4.69, 9.17) is 11.6 Å². The van der Waals surface area contributed by atoms with Gasteiger partial charge in [0.15, 0.2) is 0 Å². The summed E-state index contributed by atoms with van der Waals surface area (Å²) in [5.74, 6) is 0. The van der Waals surface area contributed by atoms with E-state index >= 15 is 0 Å². The van der Waals surface area contributed by atoms with Gasteiger partial charge in [-0.25, -0.2) is 0 Å². The molecule has 0 fully saturated rings. The van der Waals surface area contributed by atoms with E-state index in [9.17, 15) is 13.2 Å². The van der Waals surface area contributed by atoms with Crippen LogP contribution < -0.4 is 0 Å². The molecule has 2 rings (SSSR count). The minimum atomic E-state index is -4.38. The fourth-order valence-electron chi connectivity index (χ4n) is 1.55. The van der Waals surface area contributed by atoms with E-state index < -0.39 is 11.7 Å². The number of benzene rings is 1. The highest BCUT2D eigenvalue weighted by molar-refractivity contribution is 9.10.